The topological polar surface area (TPSA) is 0 Å². The molecule has 21 valence electrons. The minimum absolute atomic E-state index is 1.38. The molecule has 1 heteroatoms. The summed E-state index contributed by atoms with van der Waals surface area (Å²) >= 11 is 1.47. The number of rotatable bonds is 1. The molecule has 0 saturated heterocycles. The maximum atomic E-state index is 2.21. The van der Waals surface area contributed by atoms with Gasteiger partial charge in [-0.3, -0.25) is 0 Å². The van der Waals surface area contributed by atoms with E-state index < -0.39 is 0 Å². The average Bonchev–Trinajstić information content (AvgIpc) is 1.37. The fourth-order valence-electron chi connectivity index (χ4n) is 0. The van der Waals surface area contributed by atoms with Gasteiger partial charge < -0.3 is 0 Å². The second-order valence-electron chi connectivity index (χ2n) is 0.854. The SMILES string of the molecule is CC[CH2][Zn]. The first kappa shape index (κ1) is 4.62. The van der Waals surface area contributed by atoms with E-state index in [1.807, 2.05) is 0 Å². The zero-order valence-corrected chi connectivity index (χ0v) is 6.09. The number of hydrogen-bond donors (Lipinski definition) is 0. The molecular weight excluding hydrogens is 101 g/mol. The monoisotopic (exact) mass is 107 g/mol. The summed E-state index contributed by atoms with van der Waals surface area (Å²) in [6.07, 6.45) is 1.38. The summed E-state index contributed by atoms with van der Waals surface area (Å²) in [4.78, 5) is 0. The molecule has 0 fully saturated rings. The van der Waals surface area contributed by atoms with Crippen LogP contribution in [-0.4, -0.2) is 0 Å². The number of hydrogen-bond acceptors (Lipinski definition) is 0. The Morgan fingerprint density at radius 1 is 1.75 bits per heavy atom. The van der Waals surface area contributed by atoms with Gasteiger partial charge in [-0.05, 0) is 0 Å². The molecule has 0 aromatic carbocycles. The summed E-state index contributed by atoms with van der Waals surface area (Å²) < 4.78 is 0. The Bertz CT molecular complexity index is 5.25. The van der Waals surface area contributed by atoms with E-state index in [1.165, 1.54) is 29.7 Å². The molecule has 0 heterocycles. The quantitative estimate of drug-likeness (QED) is 0.445. The maximum absolute atomic E-state index is 2.21. The van der Waals surface area contributed by atoms with Gasteiger partial charge in [0.25, 0.3) is 0 Å². The summed E-state index contributed by atoms with van der Waals surface area (Å²) in [6, 6.07) is 0. The Balaban J connectivity index is 1.97. The van der Waals surface area contributed by atoms with Crippen molar-refractivity contribution in [1.82, 2.24) is 0 Å². The van der Waals surface area contributed by atoms with Crippen LogP contribution in [0.2, 0.25) is 5.02 Å². The third kappa shape index (κ3) is 2.62. The van der Waals surface area contributed by atoms with E-state index in [-0.39, 0.29) is 0 Å². The third-order valence-corrected chi connectivity index (χ3v) is 1.84. The van der Waals surface area contributed by atoms with E-state index in [2.05, 4.69) is 6.92 Å². The van der Waals surface area contributed by atoms with E-state index in [0.717, 1.165) is 0 Å². The van der Waals surface area contributed by atoms with E-state index in [1.54, 1.807) is 0 Å². The van der Waals surface area contributed by atoms with Crippen LogP contribution in [0.5, 0.6) is 0 Å². The van der Waals surface area contributed by atoms with E-state index in [4.69, 9.17) is 0 Å². The predicted octanol–water partition coefficient (Wildman–Crippen LogP) is 1.36. The molecule has 0 nitrogen and oxygen atoms in total. The van der Waals surface area contributed by atoms with Gasteiger partial charge in [-0.1, -0.05) is 0 Å². The van der Waals surface area contributed by atoms with Gasteiger partial charge in [0.15, 0.2) is 0 Å². The van der Waals surface area contributed by atoms with E-state index >= 15 is 0 Å². The van der Waals surface area contributed by atoms with Gasteiger partial charge in [0, 0.05) is 0 Å². The molecule has 0 aromatic heterocycles. The molecule has 0 aliphatic rings. The average molecular weight is 108 g/mol. The summed E-state index contributed by atoms with van der Waals surface area (Å²) in [5.74, 6) is 0. The Kier molecular flexibility index (Phi) is 4.19. The molecule has 0 aliphatic carbocycles. The second-order valence-corrected chi connectivity index (χ2v) is 2.34. The van der Waals surface area contributed by atoms with E-state index in [0.29, 0.717) is 0 Å². The molecule has 0 N–H and O–H groups in total. The molecule has 0 rings (SSSR count). The zero-order chi connectivity index (χ0) is 3.41. The first-order valence-corrected chi connectivity index (χ1v) is 3.81. The van der Waals surface area contributed by atoms with Gasteiger partial charge in [-0.15, -0.1) is 0 Å². The van der Waals surface area contributed by atoms with Crippen molar-refractivity contribution in [2.24, 2.45) is 0 Å². The zero-order valence-electron chi connectivity index (χ0n) is 3.12. The van der Waals surface area contributed by atoms with Gasteiger partial charge in [0.05, 0.1) is 0 Å². The third-order valence-electron chi connectivity index (χ3n) is 0.354. The molecule has 4 heavy (non-hydrogen) atoms. The molecule has 0 saturated carbocycles. The molecule has 0 bridgehead atoms. The Hall–Kier alpha value is 0.623. The molecule has 0 amide bonds. The van der Waals surface area contributed by atoms with Crippen LogP contribution in [0.4, 0.5) is 0 Å². The first-order chi connectivity index (χ1) is 1.91. The fraction of sp³-hybridized carbons (Fsp3) is 1.00. The van der Waals surface area contributed by atoms with Gasteiger partial charge in [-0.2, -0.15) is 0 Å². The van der Waals surface area contributed by atoms with Crippen LogP contribution < -0.4 is 0 Å². The molecule has 0 aromatic rings. The van der Waals surface area contributed by atoms with E-state index in [9.17, 15) is 0 Å². The molecule has 0 spiro atoms. The molecule has 0 atom stereocenters. The van der Waals surface area contributed by atoms with Crippen LogP contribution in [0.1, 0.15) is 13.3 Å². The van der Waals surface area contributed by atoms with Crippen LogP contribution in [-0.2, 0) is 18.3 Å². The van der Waals surface area contributed by atoms with Crippen molar-refractivity contribution in [3.8, 4) is 0 Å². The Morgan fingerprint density at radius 2 is 2.00 bits per heavy atom. The molecule has 0 unspecified atom stereocenters. The predicted molar refractivity (Wildman–Crippen MR) is 15.1 cm³/mol. The molecular formula is C3H7Zn. The van der Waals surface area contributed by atoms with Crippen LogP contribution in [0.15, 0.2) is 0 Å². The van der Waals surface area contributed by atoms with Crippen molar-refractivity contribution in [3.05, 3.63) is 0 Å². The van der Waals surface area contributed by atoms with Gasteiger partial charge >= 0.3 is 36.7 Å². The molecule has 0 aliphatic heterocycles. The van der Waals surface area contributed by atoms with Crippen molar-refractivity contribution in [3.63, 3.8) is 0 Å². The first-order valence-electron chi connectivity index (χ1n) is 1.71. The van der Waals surface area contributed by atoms with Gasteiger partial charge in [0.1, 0.15) is 0 Å². The van der Waals surface area contributed by atoms with Gasteiger partial charge in [0.2, 0.25) is 0 Å². The second kappa shape index (κ2) is 3.62. The van der Waals surface area contributed by atoms with Crippen molar-refractivity contribution in [2.75, 3.05) is 0 Å². The normalized spacial score (nSPS) is 7.75. The summed E-state index contributed by atoms with van der Waals surface area (Å²) in [5.41, 5.74) is 0. The summed E-state index contributed by atoms with van der Waals surface area (Å²) in [6.45, 7) is 2.21. The molecule has 0 radical (unpaired) electrons. The van der Waals surface area contributed by atoms with Crippen molar-refractivity contribution in [2.45, 2.75) is 18.4 Å². The Labute approximate surface area is 37.3 Å². The van der Waals surface area contributed by atoms with Crippen LogP contribution >= 0.6 is 0 Å². The van der Waals surface area contributed by atoms with Crippen molar-refractivity contribution < 1.29 is 18.3 Å². The van der Waals surface area contributed by atoms with Gasteiger partial charge in [-0.25, -0.2) is 0 Å². The Morgan fingerprint density at radius 3 is 2.00 bits per heavy atom. The van der Waals surface area contributed by atoms with Crippen molar-refractivity contribution in [1.29, 1.82) is 0 Å². The summed E-state index contributed by atoms with van der Waals surface area (Å²) in [5, 5.41) is 1.44. The van der Waals surface area contributed by atoms with Crippen molar-refractivity contribution >= 4 is 0 Å². The fourth-order valence-corrected chi connectivity index (χ4v) is 0. The standard InChI is InChI=1S/C3H7.Zn/c1-3-2;/h1,3H2,2H3;. The van der Waals surface area contributed by atoms with Crippen LogP contribution in [0.3, 0.4) is 0 Å². The summed E-state index contributed by atoms with van der Waals surface area (Å²) in [7, 11) is 0. The van der Waals surface area contributed by atoms with Crippen LogP contribution in [0.25, 0.3) is 0 Å². The minimum atomic E-state index is 1.38. The van der Waals surface area contributed by atoms with Crippen LogP contribution in [0, 0.1) is 0 Å².